The number of hydrogen-bond acceptors (Lipinski definition) is 3. The summed E-state index contributed by atoms with van der Waals surface area (Å²) in [5.41, 5.74) is 2.78. The van der Waals surface area contributed by atoms with Crippen molar-refractivity contribution in [2.75, 3.05) is 12.4 Å². The van der Waals surface area contributed by atoms with Crippen molar-refractivity contribution in [1.29, 1.82) is 0 Å². The lowest BCUT2D eigenvalue weighted by Gasteiger charge is -2.08. The first-order valence-electron chi connectivity index (χ1n) is 7.51. The number of benzene rings is 2. The van der Waals surface area contributed by atoms with Gasteiger partial charge in [0.05, 0.1) is 25.4 Å². The van der Waals surface area contributed by atoms with E-state index in [9.17, 15) is 9.59 Å². The highest BCUT2D eigenvalue weighted by Crippen LogP contribution is 2.16. The minimum Gasteiger partial charge on any atom is -1.00 e. The van der Waals surface area contributed by atoms with Gasteiger partial charge in [-0.2, -0.15) is 0 Å². The topological polar surface area (TPSA) is 64.2 Å². The molecule has 25 heavy (non-hydrogen) atoms. The molecule has 3 aromatic rings. The van der Waals surface area contributed by atoms with Gasteiger partial charge in [0.1, 0.15) is 0 Å². The molecule has 0 saturated heterocycles. The standard InChI is InChI=1S/C18H17N3O3.HI/c1-20-12-21(16-10-6-5-9-15(16)20)11-17(22)19-14-8-4-3-7-13(14)18(23)24-2;/h3-10,12H,11H2,1-2H3;1H. The summed E-state index contributed by atoms with van der Waals surface area (Å²) >= 11 is 0. The van der Waals surface area contributed by atoms with Crippen molar-refractivity contribution in [1.82, 2.24) is 4.57 Å². The summed E-state index contributed by atoms with van der Waals surface area (Å²) in [6.07, 6.45) is 1.87. The van der Waals surface area contributed by atoms with E-state index in [-0.39, 0.29) is 36.4 Å². The van der Waals surface area contributed by atoms with Crippen molar-refractivity contribution in [3.8, 4) is 0 Å². The summed E-state index contributed by atoms with van der Waals surface area (Å²) in [5.74, 6) is -0.698. The van der Waals surface area contributed by atoms with Crippen molar-refractivity contribution in [3.05, 3.63) is 60.4 Å². The van der Waals surface area contributed by atoms with Crippen molar-refractivity contribution < 1.29 is 42.9 Å². The summed E-state index contributed by atoms with van der Waals surface area (Å²) in [6.45, 7) is 0.150. The zero-order valence-corrected chi connectivity index (χ0v) is 16.1. The fourth-order valence-corrected chi connectivity index (χ4v) is 2.69. The number of esters is 1. The van der Waals surface area contributed by atoms with E-state index < -0.39 is 5.97 Å². The second-order valence-corrected chi connectivity index (χ2v) is 5.43. The number of para-hydroxylation sites is 3. The van der Waals surface area contributed by atoms with Crippen LogP contribution in [-0.4, -0.2) is 23.6 Å². The molecule has 0 aliphatic rings. The van der Waals surface area contributed by atoms with E-state index in [1.807, 2.05) is 46.8 Å². The molecule has 6 nitrogen and oxygen atoms in total. The third kappa shape index (κ3) is 3.98. The molecular formula is C18H18IN3O3. The molecule has 1 heterocycles. The van der Waals surface area contributed by atoms with Gasteiger partial charge in [0.25, 0.3) is 5.91 Å². The van der Waals surface area contributed by atoms with Crippen LogP contribution in [0.25, 0.3) is 11.0 Å². The Morgan fingerprint density at radius 3 is 2.56 bits per heavy atom. The second kappa shape index (κ2) is 8.11. The first kappa shape index (κ1) is 18.9. The average molecular weight is 451 g/mol. The van der Waals surface area contributed by atoms with Gasteiger partial charge in [0, 0.05) is 0 Å². The molecule has 0 fully saturated rings. The normalized spacial score (nSPS) is 10.2. The second-order valence-electron chi connectivity index (χ2n) is 5.43. The fourth-order valence-electron chi connectivity index (χ4n) is 2.69. The number of methoxy groups -OCH3 is 1. The molecule has 2 aromatic carbocycles. The summed E-state index contributed by atoms with van der Waals surface area (Å²) in [5, 5.41) is 2.78. The molecule has 1 aromatic heterocycles. The van der Waals surface area contributed by atoms with Crippen LogP contribution >= 0.6 is 0 Å². The Kier molecular flexibility index (Phi) is 6.13. The number of rotatable bonds is 4. The van der Waals surface area contributed by atoms with E-state index in [1.165, 1.54) is 7.11 Å². The third-order valence-electron chi connectivity index (χ3n) is 3.80. The van der Waals surface area contributed by atoms with Crippen LogP contribution in [0.2, 0.25) is 0 Å². The number of anilines is 1. The summed E-state index contributed by atoms with van der Waals surface area (Å²) in [6, 6.07) is 14.6. The van der Waals surface area contributed by atoms with Gasteiger partial charge in [0.2, 0.25) is 6.33 Å². The number of carbonyl (C=O) groups is 2. The van der Waals surface area contributed by atoms with Crippen molar-refractivity contribution >= 4 is 28.6 Å². The van der Waals surface area contributed by atoms with E-state index in [0.717, 1.165) is 11.0 Å². The first-order valence-corrected chi connectivity index (χ1v) is 7.51. The number of halogens is 1. The quantitative estimate of drug-likeness (QED) is 0.311. The van der Waals surface area contributed by atoms with Crippen LogP contribution in [0.15, 0.2) is 54.9 Å². The molecule has 130 valence electrons. The van der Waals surface area contributed by atoms with Crippen LogP contribution < -0.4 is 33.9 Å². The van der Waals surface area contributed by atoms with E-state index in [4.69, 9.17) is 4.74 Å². The van der Waals surface area contributed by atoms with Gasteiger partial charge in [-0.3, -0.25) is 4.79 Å². The lowest BCUT2D eigenvalue weighted by molar-refractivity contribution is -0.645. The fraction of sp³-hybridized carbons (Fsp3) is 0.167. The van der Waals surface area contributed by atoms with Gasteiger partial charge in [-0.1, -0.05) is 24.3 Å². The number of fused-ring (bicyclic) bond motifs is 1. The van der Waals surface area contributed by atoms with Gasteiger partial charge in [-0.15, -0.1) is 0 Å². The summed E-state index contributed by atoms with van der Waals surface area (Å²) < 4.78 is 8.57. The number of amides is 1. The molecule has 0 spiro atoms. The number of imidazole rings is 1. The van der Waals surface area contributed by atoms with E-state index in [1.54, 1.807) is 24.3 Å². The number of aromatic nitrogens is 2. The average Bonchev–Trinajstić information content (AvgIpc) is 2.91. The smallest absolute Gasteiger partial charge is 0.339 e. The number of nitrogens with one attached hydrogen (secondary N) is 1. The Balaban J connectivity index is 0.00000225. The number of hydrogen-bond donors (Lipinski definition) is 1. The highest BCUT2D eigenvalue weighted by atomic mass is 127. The summed E-state index contributed by atoms with van der Waals surface area (Å²) in [7, 11) is 3.25. The maximum absolute atomic E-state index is 12.4. The lowest BCUT2D eigenvalue weighted by Crippen LogP contribution is -3.00. The Labute approximate surface area is 162 Å². The predicted octanol–water partition coefficient (Wildman–Crippen LogP) is -1.10. The monoisotopic (exact) mass is 451 g/mol. The zero-order chi connectivity index (χ0) is 17.1. The third-order valence-corrected chi connectivity index (χ3v) is 3.80. The molecule has 0 atom stereocenters. The number of aryl methyl sites for hydroxylation is 1. The molecule has 7 heteroatoms. The van der Waals surface area contributed by atoms with Crippen LogP contribution in [0, 0.1) is 0 Å². The maximum atomic E-state index is 12.4. The SMILES string of the molecule is COC(=O)c1ccccc1NC(=O)Cn1c[n+](C)c2ccccc21.[I-]. The van der Waals surface area contributed by atoms with Gasteiger partial charge in [0.15, 0.2) is 17.6 Å². The minimum atomic E-state index is -0.483. The first-order chi connectivity index (χ1) is 11.6. The Morgan fingerprint density at radius 2 is 1.80 bits per heavy atom. The zero-order valence-electron chi connectivity index (χ0n) is 13.9. The molecule has 0 unspecified atom stereocenters. The van der Waals surface area contributed by atoms with Gasteiger partial charge < -0.3 is 34.0 Å². The highest BCUT2D eigenvalue weighted by molar-refractivity contribution is 6.01. The van der Waals surface area contributed by atoms with Gasteiger partial charge in [-0.05, 0) is 24.3 Å². The Hall–Kier alpha value is -2.42. The van der Waals surface area contributed by atoms with E-state index in [0.29, 0.717) is 11.3 Å². The van der Waals surface area contributed by atoms with Gasteiger partial charge >= 0.3 is 5.97 Å². The van der Waals surface area contributed by atoms with Crippen molar-refractivity contribution in [2.24, 2.45) is 7.05 Å². The molecule has 0 aliphatic carbocycles. The Bertz CT molecular complexity index is 921. The predicted molar refractivity (Wildman–Crippen MR) is 89.5 cm³/mol. The molecule has 3 rings (SSSR count). The number of carbonyl (C=O) groups excluding carboxylic acids is 2. The highest BCUT2D eigenvalue weighted by Gasteiger charge is 2.18. The van der Waals surface area contributed by atoms with Crippen LogP contribution in [0.4, 0.5) is 5.69 Å². The number of ether oxygens (including phenoxy) is 1. The summed E-state index contributed by atoms with van der Waals surface area (Å²) in [4.78, 5) is 24.2. The minimum absolute atomic E-state index is 0. The van der Waals surface area contributed by atoms with Crippen LogP contribution in [0.3, 0.4) is 0 Å². The van der Waals surface area contributed by atoms with E-state index >= 15 is 0 Å². The lowest BCUT2D eigenvalue weighted by atomic mass is 10.2. The maximum Gasteiger partial charge on any atom is 0.339 e. The molecule has 0 aliphatic heterocycles. The van der Waals surface area contributed by atoms with Crippen LogP contribution in [-0.2, 0) is 23.1 Å². The van der Waals surface area contributed by atoms with Gasteiger partial charge in [-0.25, -0.2) is 13.9 Å². The van der Waals surface area contributed by atoms with Crippen LogP contribution in [0.5, 0.6) is 0 Å². The molecule has 0 radical (unpaired) electrons. The molecule has 0 bridgehead atoms. The van der Waals surface area contributed by atoms with E-state index in [2.05, 4.69) is 5.32 Å². The van der Waals surface area contributed by atoms with Crippen LogP contribution in [0.1, 0.15) is 10.4 Å². The molecule has 1 amide bonds. The number of nitrogens with zero attached hydrogens (tertiary/aromatic N) is 2. The molecular weight excluding hydrogens is 433 g/mol. The Morgan fingerprint density at radius 1 is 1.12 bits per heavy atom. The molecule has 0 saturated carbocycles. The molecule has 1 N–H and O–H groups in total. The van der Waals surface area contributed by atoms with Crippen molar-refractivity contribution in [3.63, 3.8) is 0 Å². The van der Waals surface area contributed by atoms with Crippen molar-refractivity contribution in [2.45, 2.75) is 6.54 Å². The largest absolute Gasteiger partial charge is 1.00 e.